The molecule has 0 unspecified atom stereocenters. The van der Waals surface area contributed by atoms with Gasteiger partial charge in [-0.05, 0) is 30.3 Å². The van der Waals surface area contributed by atoms with Gasteiger partial charge < -0.3 is 5.32 Å². The van der Waals surface area contributed by atoms with Gasteiger partial charge in [0.25, 0.3) is 0 Å². The van der Waals surface area contributed by atoms with E-state index in [1.165, 1.54) is 29.5 Å². The molecule has 2 heterocycles. The van der Waals surface area contributed by atoms with Crippen molar-refractivity contribution in [2.24, 2.45) is 0 Å². The normalized spacial score (nSPS) is 11.2. The van der Waals surface area contributed by atoms with Crippen LogP contribution in [0.3, 0.4) is 0 Å². The fraction of sp³-hybridized carbons (Fsp3) is 0.0476. The summed E-state index contributed by atoms with van der Waals surface area (Å²) in [6.07, 6.45) is 3.41. The average molecular weight is 441 g/mol. The Morgan fingerprint density at radius 2 is 1.77 bits per heavy atom. The second-order valence-corrected chi connectivity index (χ2v) is 9.01. The van der Waals surface area contributed by atoms with E-state index >= 15 is 0 Å². The highest BCUT2D eigenvalue weighted by atomic mass is 32.2. The maximum atomic E-state index is 13.7. The summed E-state index contributed by atoms with van der Waals surface area (Å²) < 4.78 is 40.9. The van der Waals surface area contributed by atoms with Crippen LogP contribution in [0, 0.1) is 5.82 Å². The smallest absolute Gasteiger partial charge is 0.237 e. The number of anilines is 3. The van der Waals surface area contributed by atoms with Gasteiger partial charge in [-0.15, -0.1) is 11.3 Å². The Bertz CT molecular complexity index is 1240. The molecular weight excluding hydrogens is 423 g/mol. The number of pyridine rings is 1. The summed E-state index contributed by atoms with van der Waals surface area (Å²) >= 11 is 1.46. The number of nitrogens with one attached hydrogen (secondary N) is 2. The van der Waals surface area contributed by atoms with Crippen LogP contribution in [0.15, 0.2) is 78.4 Å². The molecule has 2 N–H and O–H groups in total. The van der Waals surface area contributed by atoms with E-state index in [-0.39, 0.29) is 5.56 Å². The van der Waals surface area contributed by atoms with Crippen molar-refractivity contribution in [3.8, 4) is 11.3 Å². The van der Waals surface area contributed by atoms with Gasteiger partial charge in [0.1, 0.15) is 5.82 Å². The monoisotopic (exact) mass is 440 g/mol. The molecule has 4 aromatic rings. The molecule has 4 rings (SSSR count). The number of sulfonamides is 1. The Balaban J connectivity index is 1.43. The molecule has 0 aliphatic heterocycles. The minimum absolute atomic E-state index is 0.123. The Hall–Kier alpha value is -3.30. The van der Waals surface area contributed by atoms with Gasteiger partial charge in [0.15, 0.2) is 5.13 Å². The van der Waals surface area contributed by atoms with E-state index in [9.17, 15) is 12.8 Å². The molecule has 0 fully saturated rings. The van der Waals surface area contributed by atoms with Crippen molar-refractivity contribution in [3.63, 3.8) is 0 Å². The first kappa shape index (κ1) is 20.0. The lowest BCUT2D eigenvalue weighted by Gasteiger charge is -2.09. The van der Waals surface area contributed by atoms with Crippen LogP contribution in [0.5, 0.6) is 0 Å². The molecule has 152 valence electrons. The zero-order valence-electron chi connectivity index (χ0n) is 15.6. The first-order valence-electron chi connectivity index (χ1n) is 8.95. The lowest BCUT2D eigenvalue weighted by Crippen LogP contribution is -2.15. The fourth-order valence-electron chi connectivity index (χ4n) is 2.77. The predicted octanol–water partition coefficient (Wildman–Crippen LogP) is 5.03. The van der Waals surface area contributed by atoms with Crippen LogP contribution in [-0.4, -0.2) is 18.4 Å². The van der Waals surface area contributed by atoms with Crippen molar-refractivity contribution in [1.29, 1.82) is 0 Å². The maximum absolute atomic E-state index is 13.7. The first-order chi connectivity index (χ1) is 14.5. The van der Waals surface area contributed by atoms with Gasteiger partial charge >= 0.3 is 0 Å². The number of rotatable bonds is 7. The number of aromatic nitrogens is 2. The van der Waals surface area contributed by atoms with Gasteiger partial charge in [0.05, 0.1) is 23.3 Å². The van der Waals surface area contributed by atoms with Gasteiger partial charge in [0, 0.05) is 28.4 Å². The molecule has 0 aliphatic rings. The number of benzene rings is 2. The Labute approximate surface area is 177 Å². The highest BCUT2D eigenvalue weighted by Gasteiger charge is 2.15. The lowest BCUT2D eigenvalue weighted by atomic mass is 10.1. The van der Waals surface area contributed by atoms with Crippen molar-refractivity contribution >= 4 is 37.9 Å². The van der Waals surface area contributed by atoms with Crippen LogP contribution in [0.4, 0.5) is 20.9 Å². The predicted molar refractivity (Wildman–Crippen MR) is 118 cm³/mol. The largest absolute Gasteiger partial charge is 0.330 e. The first-order valence-corrected chi connectivity index (χ1v) is 11.5. The van der Waals surface area contributed by atoms with E-state index in [1.54, 1.807) is 42.7 Å². The van der Waals surface area contributed by atoms with Crippen molar-refractivity contribution in [2.45, 2.75) is 5.75 Å². The van der Waals surface area contributed by atoms with Crippen molar-refractivity contribution in [1.82, 2.24) is 9.97 Å². The van der Waals surface area contributed by atoms with E-state index in [0.717, 1.165) is 22.1 Å². The van der Waals surface area contributed by atoms with Gasteiger partial charge in [-0.2, -0.15) is 0 Å². The zero-order chi connectivity index (χ0) is 21.0. The SMILES string of the molecule is O=S(=O)(Cc1ccccc1F)Nc1ccc(-c2csc(Nc3cccnc3)n2)cc1. The van der Waals surface area contributed by atoms with Crippen LogP contribution in [0.1, 0.15) is 5.56 Å². The maximum Gasteiger partial charge on any atom is 0.237 e. The molecule has 0 bridgehead atoms. The van der Waals surface area contributed by atoms with Gasteiger partial charge in [-0.25, -0.2) is 17.8 Å². The van der Waals surface area contributed by atoms with Crippen LogP contribution in [0.25, 0.3) is 11.3 Å². The second kappa shape index (κ2) is 8.60. The molecule has 2 aromatic carbocycles. The Morgan fingerprint density at radius 3 is 2.50 bits per heavy atom. The molecule has 0 spiro atoms. The third-order valence-corrected chi connectivity index (χ3v) is 6.17. The summed E-state index contributed by atoms with van der Waals surface area (Å²) in [5.41, 5.74) is 2.99. The number of nitrogens with zero attached hydrogens (tertiary/aromatic N) is 2. The lowest BCUT2D eigenvalue weighted by molar-refractivity contribution is 0.591. The zero-order valence-corrected chi connectivity index (χ0v) is 17.3. The molecule has 0 amide bonds. The fourth-order valence-corrected chi connectivity index (χ4v) is 4.72. The number of hydrogen-bond acceptors (Lipinski definition) is 6. The molecule has 6 nitrogen and oxygen atoms in total. The van der Waals surface area contributed by atoms with E-state index in [2.05, 4.69) is 20.0 Å². The van der Waals surface area contributed by atoms with E-state index in [0.29, 0.717) is 5.69 Å². The van der Waals surface area contributed by atoms with Crippen molar-refractivity contribution in [2.75, 3.05) is 10.0 Å². The number of hydrogen-bond donors (Lipinski definition) is 2. The second-order valence-electron chi connectivity index (χ2n) is 6.43. The van der Waals surface area contributed by atoms with Gasteiger partial charge in [-0.1, -0.05) is 30.3 Å². The molecular formula is C21H17FN4O2S2. The topological polar surface area (TPSA) is 84.0 Å². The number of thiazole rings is 1. The molecule has 0 radical (unpaired) electrons. The van der Waals surface area contributed by atoms with Gasteiger partial charge in [0.2, 0.25) is 10.0 Å². The van der Waals surface area contributed by atoms with Crippen LogP contribution < -0.4 is 10.0 Å². The van der Waals surface area contributed by atoms with Crippen LogP contribution in [0.2, 0.25) is 0 Å². The van der Waals surface area contributed by atoms with Crippen LogP contribution >= 0.6 is 11.3 Å². The molecule has 0 saturated heterocycles. The number of halogens is 1. The summed E-state index contributed by atoms with van der Waals surface area (Å²) in [5, 5.41) is 5.83. The molecule has 2 aromatic heterocycles. The summed E-state index contributed by atoms with van der Waals surface area (Å²) in [6, 6.07) is 16.4. The molecule has 0 saturated carbocycles. The van der Waals surface area contributed by atoms with Crippen molar-refractivity contribution < 1.29 is 12.8 Å². The van der Waals surface area contributed by atoms with E-state index in [4.69, 9.17) is 0 Å². The molecule has 0 aliphatic carbocycles. The quantitative estimate of drug-likeness (QED) is 0.421. The van der Waals surface area contributed by atoms with E-state index < -0.39 is 21.6 Å². The minimum atomic E-state index is -3.74. The highest BCUT2D eigenvalue weighted by molar-refractivity contribution is 7.91. The molecule has 0 atom stereocenters. The Morgan fingerprint density at radius 1 is 0.967 bits per heavy atom. The average Bonchev–Trinajstić information content (AvgIpc) is 3.19. The van der Waals surface area contributed by atoms with E-state index in [1.807, 2.05) is 17.5 Å². The molecule has 9 heteroatoms. The van der Waals surface area contributed by atoms with Crippen molar-refractivity contribution in [3.05, 3.63) is 89.8 Å². The third-order valence-electron chi connectivity index (χ3n) is 4.17. The summed E-state index contributed by atoms with van der Waals surface area (Å²) in [7, 11) is -3.74. The van der Waals surface area contributed by atoms with Gasteiger partial charge in [-0.3, -0.25) is 9.71 Å². The third kappa shape index (κ3) is 5.00. The Kier molecular flexibility index (Phi) is 5.73. The minimum Gasteiger partial charge on any atom is -0.330 e. The molecule has 30 heavy (non-hydrogen) atoms. The summed E-state index contributed by atoms with van der Waals surface area (Å²) in [5.74, 6) is -0.978. The van der Waals surface area contributed by atoms with Crippen LogP contribution in [-0.2, 0) is 15.8 Å². The standard InChI is InChI=1S/C21H17FN4O2S2/c22-19-6-2-1-4-16(19)14-30(27,28)26-17-9-7-15(8-10-17)20-13-29-21(25-20)24-18-5-3-11-23-12-18/h1-13,26H,14H2,(H,24,25). The summed E-state index contributed by atoms with van der Waals surface area (Å²) in [4.78, 5) is 8.60. The summed E-state index contributed by atoms with van der Waals surface area (Å²) in [6.45, 7) is 0. The highest BCUT2D eigenvalue weighted by Crippen LogP contribution is 2.28.